The maximum Gasteiger partial charge on any atom is 0.337 e. The Labute approximate surface area is 191 Å². The Morgan fingerprint density at radius 1 is 1.12 bits per heavy atom. The molecular formula is C23H24ClN5O3. The van der Waals surface area contributed by atoms with Crippen molar-refractivity contribution >= 4 is 35.1 Å². The van der Waals surface area contributed by atoms with Crippen LogP contribution in [-0.2, 0) is 18.3 Å². The molecular weight excluding hydrogens is 430 g/mol. The Hall–Kier alpha value is -3.65. The van der Waals surface area contributed by atoms with Crippen LogP contribution in [0.15, 0.2) is 53.5 Å². The Bertz CT molecular complexity index is 1190. The second-order valence-electron chi connectivity index (χ2n) is 7.10. The van der Waals surface area contributed by atoms with Gasteiger partial charge in [-0.3, -0.25) is 14.8 Å². The van der Waals surface area contributed by atoms with Crippen LogP contribution in [0.3, 0.4) is 0 Å². The predicted molar refractivity (Wildman–Crippen MR) is 124 cm³/mol. The highest BCUT2D eigenvalue weighted by atomic mass is 35.5. The third-order valence-electron chi connectivity index (χ3n) is 4.92. The Morgan fingerprint density at radius 3 is 2.50 bits per heavy atom. The molecule has 9 heteroatoms. The number of amides is 1. The summed E-state index contributed by atoms with van der Waals surface area (Å²) in [5.41, 5.74) is 4.15. The van der Waals surface area contributed by atoms with Crippen LogP contribution in [0.1, 0.15) is 37.7 Å². The number of halogens is 1. The molecule has 3 aromatic rings. The number of aromatic nitrogens is 2. The van der Waals surface area contributed by atoms with Gasteiger partial charge in [0.15, 0.2) is 0 Å². The lowest BCUT2D eigenvalue weighted by Crippen LogP contribution is -2.36. The summed E-state index contributed by atoms with van der Waals surface area (Å²) in [5, 5.41) is 10.7. The highest BCUT2D eigenvalue weighted by molar-refractivity contribution is 6.31. The van der Waals surface area contributed by atoms with Gasteiger partial charge in [-0.2, -0.15) is 5.10 Å². The van der Waals surface area contributed by atoms with Crippen molar-refractivity contribution in [1.82, 2.24) is 15.1 Å². The fraction of sp³-hybridized carbons (Fsp3) is 0.217. The van der Waals surface area contributed by atoms with Crippen molar-refractivity contribution in [1.29, 1.82) is 0 Å². The smallest absolute Gasteiger partial charge is 0.337 e. The number of carbonyl (C=O) groups is 2. The molecule has 0 fully saturated rings. The number of guanidine groups is 1. The Balaban J connectivity index is 1.89. The number of hydrogen-bond donors (Lipinski definition) is 2. The van der Waals surface area contributed by atoms with Gasteiger partial charge in [-0.1, -0.05) is 23.7 Å². The summed E-state index contributed by atoms with van der Waals surface area (Å²) in [6, 6.07) is 13.3. The van der Waals surface area contributed by atoms with E-state index in [1.165, 1.54) is 7.11 Å². The van der Waals surface area contributed by atoms with E-state index in [-0.39, 0.29) is 11.9 Å². The number of carbonyl (C=O) groups excluding carboxylic acids is 2. The molecule has 1 aromatic heterocycles. The number of methoxy groups -OCH3 is 1. The average Bonchev–Trinajstić information content (AvgIpc) is 3.02. The molecule has 0 saturated heterocycles. The van der Waals surface area contributed by atoms with Crippen molar-refractivity contribution in [3.63, 3.8) is 0 Å². The number of benzene rings is 2. The van der Waals surface area contributed by atoms with Gasteiger partial charge >= 0.3 is 5.97 Å². The van der Waals surface area contributed by atoms with Gasteiger partial charge in [0.2, 0.25) is 5.96 Å². The molecule has 32 heavy (non-hydrogen) atoms. The summed E-state index contributed by atoms with van der Waals surface area (Å²) in [7, 11) is 3.19. The number of aliphatic imine (C=N–C) groups is 1. The van der Waals surface area contributed by atoms with E-state index in [4.69, 9.17) is 16.3 Å². The van der Waals surface area contributed by atoms with Crippen molar-refractivity contribution in [2.24, 2.45) is 12.0 Å². The van der Waals surface area contributed by atoms with Gasteiger partial charge in [-0.25, -0.2) is 9.79 Å². The first-order valence-electron chi connectivity index (χ1n) is 9.84. The molecule has 1 amide bonds. The summed E-state index contributed by atoms with van der Waals surface area (Å²) in [4.78, 5) is 29.2. The maximum absolute atomic E-state index is 12.8. The largest absolute Gasteiger partial charge is 0.465 e. The zero-order chi connectivity index (χ0) is 23.3. The molecule has 0 aliphatic heterocycles. The third kappa shape index (κ3) is 5.53. The second-order valence-corrected chi connectivity index (χ2v) is 7.54. The molecule has 8 nitrogen and oxygen atoms in total. The minimum Gasteiger partial charge on any atom is -0.465 e. The molecule has 0 bridgehead atoms. The molecule has 0 aliphatic rings. The molecule has 0 saturated carbocycles. The molecule has 1 heterocycles. The zero-order valence-corrected chi connectivity index (χ0v) is 19.0. The van der Waals surface area contributed by atoms with E-state index >= 15 is 0 Å². The number of nitrogens with zero attached hydrogens (tertiary/aromatic N) is 3. The fourth-order valence-corrected chi connectivity index (χ4v) is 3.29. The molecule has 3 rings (SSSR count). The number of aryl methyl sites for hydroxylation is 2. The van der Waals surface area contributed by atoms with Gasteiger partial charge in [0, 0.05) is 34.6 Å². The monoisotopic (exact) mass is 453 g/mol. The lowest BCUT2D eigenvalue weighted by Gasteiger charge is -2.13. The van der Waals surface area contributed by atoms with Crippen LogP contribution in [0, 0.1) is 13.8 Å². The van der Waals surface area contributed by atoms with Crippen LogP contribution < -0.4 is 10.6 Å². The molecule has 2 aromatic carbocycles. The van der Waals surface area contributed by atoms with Crippen LogP contribution in [0.4, 0.5) is 5.69 Å². The van der Waals surface area contributed by atoms with Gasteiger partial charge in [-0.05, 0) is 50.2 Å². The minimum atomic E-state index is -0.461. The molecule has 0 atom stereocenters. The molecule has 166 valence electrons. The second kappa shape index (κ2) is 10.1. The number of ether oxygens (including phenoxy) is 1. The SMILES string of the molecule is COC(=O)c1cccc(NC(=NCc2c(C)nn(C)c2C)NC(=O)c2cccc(Cl)c2)c1. The summed E-state index contributed by atoms with van der Waals surface area (Å²) >= 11 is 6.02. The lowest BCUT2D eigenvalue weighted by atomic mass is 10.2. The highest BCUT2D eigenvalue weighted by Gasteiger charge is 2.13. The molecule has 2 N–H and O–H groups in total. The summed E-state index contributed by atoms with van der Waals surface area (Å²) in [6.45, 7) is 4.18. The average molecular weight is 454 g/mol. The fourth-order valence-electron chi connectivity index (χ4n) is 3.10. The van der Waals surface area contributed by atoms with E-state index in [1.54, 1.807) is 53.2 Å². The number of nitrogens with one attached hydrogen (secondary N) is 2. The summed E-state index contributed by atoms with van der Waals surface area (Å²) in [5.74, 6) is -0.612. The maximum atomic E-state index is 12.8. The first-order valence-corrected chi connectivity index (χ1v) is 10.2. The van der Waals surface area contributed by atoms with Gasteiger partial charge in [-0.15, -0.1) is 0 Å². The third-order valence-corrected chi connectivity index (χ3v) is 5.15. The molecule has 0 spiro atoms. The van der Waals surface area contributed by atoms with Crippen molar-refractivity contribution in [2.75, 3.05) is 12.4 Å². The van der Waals surface area contributed by atoms with Crippen molar-refractivity contribution in [3.8, 4) is 0 Å². The van der Waals surface area contributed by atoms with E-state index in [1.807, 2.05) is 20.9 Å². The van der Waals surface area contributed by atoms with Gasteiger partial charge in [0.25, 0.3) is 5.91 Å². The number of esters is 1. The normalized spacial score (nSPS) is 11.2. The minimum absolute atomic E-state index is 0.222. The van der Waals surface area contributed by atoms with E-state index < -0.39 is 5.97 Å². The standard InChI is InChI=1S/C23H24ClN5O3/c1-14-20(15(2)29(3)28-14)13-25-23(27-21(30)16-7-5-9-18(24)11-16)26-19-10-6-8-17(12-19)22(31)32-4/h5-12H,13H2,1-4H3,(H2,25,26,27,30). The quantitative estimate of drug-likeness (QED) is 0.347. The topological polar surface area (TPSA) is 97.6 Å². The Kier molecular flexibility index (Phi) is 7.27. The number of rotatable bonds is 5. The summed E-state index contributed by atoms with van der Waals surface area (Å²) < 4.78 is 6.56. The van der Waals surface area contributed by atoms with Crippen molar-refractivity contribution in [3.05, 3.63) is 81.6 Å². The number of anilines is 1. The zero-order valence-electron chi connectivity index (χ0n) is 18.3. The molecule has 0 aliphatic carbocycles. The molecule has 0 unspecified atom stereocenters. The van der Waals surface area contributed by atoms with Crippen LogP contribution in [0.25, 0.3) is 0 Å². The first-order chi connectivity index (χ1) is 15.3. The first kappa shape index (κ1) is 23.0. The van der Waals surface area contributed by atoms with E-state index in [9.17, 15) is 9.59 Å². The van der Waals surface area contributed by atoms with E-state index in [0.29, 0.717) is 28.4 Å². The summed E-state index contributed by atoms with van der Waals surface area (Å²) in [6.07, 6.45) is 0. The van der Waals surface area contributed by atoms with Crippen LogP contribution in [0.2, 0.25) is 5.02 Å². The van der Waals surface area contributed by atoms with Crippen LogP contribution in [0.5, 0.6) is 0 Å². The van der Waals surface area contributed by atoms with Gasteiger partial charge in [0.1, 0.15) is 0 Å². The van der Waals surface area contributed by atoms with Crippen LogP contribution >= 0.6 is 11.6 Å². The lowest BCUT2D eigenvalue weighted by molar-refractivity contribution is 0.0600. The Morgan fingerprint density at radius 2 is 1.84 bits per heavy atom. The number of hydrogen-bond acceptors (Lipinski definition) is 5. The van der Waals surface area contributed by atoms with E-state index in [2.05, 4.69) is 20.7 Å². The van der Waals surface area contributed by atoms with E-state index in [0.717, 1.165) is 17.0 Å². The predicted octanol–water partition coefficient (Wildman–Crippen LogP) is 3.88. The van der Waals surface area contributed by atoms with Crippen molar-refractivity contribution in [2.45, 2.75) is 20.4 Å². The molecule has 0 radical (unpaired) electrons. The van der Waals surface area contributed by atoms with Crippen LogP contribution in [-0.4, -0.2) is 34.7 Å². The highest BCUT2D eigenvalue weighted by Crippen LogP contribution is 2.15. The van der Waals surface area contributed by atoms with Gasteiger partial charge < -0.3 is 10.1 Å². The van der Waals surface area contributed by atoms with Gasteiger partial charge in [0.05, 0.1) is 24.9 Å². The van der Waals surface area contributed by atoms with Crippen molar-refractivity contribution < 1.29 is 14.3 Å².